The number of nitrogens with one attached hydrogen (secondary N) is 1. The van der Waals surface area contributed by atoms with E-state index >= 15 is 0 Å². The minimum absolute atomic E-state index is 0.108. The molecule has 1 aliphatic heterocycles. The number of hydrogen-bond donors (Lipinski definition) is 1. The lowest BCUT2D eigenvalue weighted by atomic mass is 9.99. The predicted molar refractivity (Wildman–Crippen MR) is 101 cm³/mol. The van der Waals surface area contributed by atoms with E-state index in [4.69, 9.17) is 11.6 Å². The Bertz CT molecular complexity index is 842. The number of nitrogens with zero attached hydrogens (tertiary/aromatic N) is 3. The molecule has 5 nitrogen and oxygen atoms in total. The van der Waals surface area contributed by atoms with Crippen molar-refractivity contribution in [1.29, 1.82) is 0 Å². The maximum Gasteiger partial charge on any atom is 0.433 e. The van der Waals surface area contributed by atoms with Crippen molar-refractivity contribution in [2.45, 2.75) is 44.8 Å². The first kappa shape index (κ1) is 20.4. The van der Waals surface area contributed by atoms with Crippen LogP contribution in [0.4, 0.5) is 24.7 Å². The minimum atomic E-state index is -4.50. The normalized spacial score (nSPS) is 17.5. The summed E-state index contributed by atoms with van der Waals surface area (Å²) < 4.78 is 37.8. The molecular weight excluding hydrogens is 393 g/mol. The van der Waals surface area contributed by atoms with Crippen LogP contribution in [-0.2, 0) is 6.18 Å². The molecule has 150 valence electrons. The molecule has 1 N–H and O–H groups in total. The van der Waals surface area contributed by atoms with Crippen LogP contribution in [0.15, 0.2) is 30.6 Å². The minimum Gasteiger partial charge on any atom is -0.338 e. The van der Waals surface area contributed by atoms with Crippen molar-refractivity contribution >= 4 is 29.0 Å². The van der Waals surface area contributed by atoms with E-state index in [0.717, 1.165) is 37.9 Å². The fraction of sp³-hybridized carbons (Fsp3) is 0.421. The Kier molecular flexibility index (Phi) is 6.07. The number of carbonyl (C=O) groups is 1. The molecule has 2 aromatic heterocycles. The second-order valence-electron chi connectivity index (χ2n) is 6.67. The first-order chi connectivity index (χ1) is 13.3. The SMILES string of the molecule is CC[C@@H]1CCCCN1C(=O)c1cnc(Nc2ccc(C(F)(F)F)nc2)c(Cl)c1. The van der Waals surface area contributed by atoms with Gasteiger partial charge in [0.1, 0.15) is 11.5 Å². The fourth-order valence-corrected chi connectivity index (χ4v) is 3.49. The second-order valence-corrected chi connectivity index (χ2v) is 7.07. The van der Waals surface area contributed by atoms with Crippen LogP contribution in [0.3, 0.4) is 0 Å². The van der Waals surface area contributed by atoms with E-state index in [1.807, 2.05) is 4.90 Å². The molecule has 3 rings (SSSR count). The van der Waals surface area contributed by atoms with Gasteiger partial charge < -0.3 is 10.2 Å². The van der Waals surface area contributed by atoms with Crippen molar-refractivity contribution in [2.75, 3.05) is 11.9 Å². The highest BCUT2D eigenvalue weighted by Gasteiger charge is 2.32. The van der Waals surface area contributed by atoms with E-state index in [2.05, 4.69) is 22.2 Å². The average Bonchev–Trinajstić information content (AvgIpc) is 2.68. The summed E-state index contributed by atoms with van der Waals surface area (Å²) in [5.74, 6) is 0.133. The summed E-state index contributed by atoms with van der Waals surface area (Å²) in [7, 11) is 0. The molecular formula is C19H20ClF3N4O. The number of rotatable bonds is 4. The predicted octanol–water partition coefficient (Wildman–Crippen LogP) is 5.30. The number of pyridine rings is 2. The Morgan fingerprint density at radius 1 is 1.29 bits per heavy atom. The van der Waals surface area contributed by atoms with Crippen molar-refractivity contribution < 1.29 is 18.0 Å². The standard InChI is InChI=1S/C19H20ClF3N4O/c1-2-14-5-3-4-8-27(14)18(28)12-9-15(20)17(25-10-12)26-13-6-7-16(24-11-13)19(21,22)23/h6-7,9-11,14H,2-5,8H2,1H3,(H,25,26)/t14-/m1/s1. The molecule has 1 atom stereocenters. The molecule has 0 bridgehead atoms. The topological polar surface area (TPSA) is 58.1 Å². The molecule has 3 heterocycles. The summed E-state index contributed by atoms with van der Waals surface area (Å²) in [6.07, 6.45) is 1.96. The molecule has 1 aliphatic rings. The quantitative estimate of drug-likeness (QED) is 0.740. The van der Waals surface area contributed by atoms with Gasteiger partial charge in [-0.2, -0.15) is 13.2 Å². The fourth-order valence-electron chi connectivity index (χ4n) is 3.28. The molecule has 1 fully saturated rings. The van der Waals surface area contributed by atoms with Gasteiger partial charge in [0, 0.05) is 18.8 Å². The van der Waals surface area contributed by atoms with Crippen LogP contribution in [0.1, 0.15) is 48.7 Å². The summed E-state index contributed by atoms with van der Waals surface area (Å²) in [5, 5.41) is 3.02. The number of halogens is 4. The van der Waals surface area contributed by atoms with E-state index in [9.17, 15) is 18.0 Å². The summed E-state index contributed by atoms with van der Waals surface area (Å²) in [6, 6.07) is 3.86. The number of piperidine rings is 1. The molecule has 2 aromatic rings. The third-order valence-corrected chi connectivity index (χ3v) is 5.05. The van der Waals surface area contributed by atoms with Crippen LogP contribution in [0.2, 0.25) is 5.02 Å². The zero-order valence-electron chi connectivity index (χ0n) is 15.3. The van der Waals surface area contributed by atoms with E-state index in [-0.39, 0.29) is 22.8 Å². The van der Waals surface area contributed by atoms with Gasteiger partial charge in [-0.15, -0.1) is 0 Å². The zero-order chi connectivity index (χ0) is 20.3. The molecule has 0 spiro atoms. The summed E-state index contributed by atoms with van der Waals surface area (Å²) in [5.41, 5.74) is -0.282. The van der Waals surface area contributed by atoms with Gasteiger partial charge in [-0.05, 0) is 43.9 Å². The van der Waals surface area contributed by atoms with Gasteiger partial charge in [0.25, 0.3) is 5.91 Å². The highest BCUT2D eigenvalue weighted by Crippen LogP contribution is 2.30. The molecule has 0 saturated carbocycles. The van der Waals surface area contributed by atoms with Crippen LogP contribution in [0.25, 0.3) is 0 Å². The molecule has 0 radical (unpaired) electrons. The van der Waals surface area contributed by atoms with E-state index in [0.29, 0.717) is 17.8 Å². The average molecular weight is 413 g/mol. The van der Waals surface area contributed by atoms with Gasteiger partial charge in [-0.3, -0.25) is 4.79 Å². The number of hydrogen-bond acceptors (Lipinski definition) is 4. The number of likely N-dealkylation sites (tertiary alicyclic amines) is 1. The molecule has 1 amide bonds. The highest BCUT2D eigenvalue weighted by molar-refractivity contribution is 6.33. The van der Waals surface area contributed by atoms with Crippen molar-refractivity contribution in [3.8, 4) is 0 Å². The number of carbonyl (C=O) groups excluding carboxylic acids is 1. The summed E-state index contributed by atoms with van der Waals surface area (Å²) >= 11 is 6.24. The van der Waals surface area contributed by atoms with Gasteiger partial charge in [0.2, 0.25) is 0 Å². The molecule has 9 heteroatoms. The summed E-state index contributed by atoms with van der Waals surface area (Å²) in [6.45, 7) is 2.78. The van der Waals surface area contributed by atoms with E-state index < -0.39 is 11.9 Å². The molecule has 28 heavy (non-hydrogen) atoms. The largest absolute Gasteiger partial charge is 0.433 e. The van der Waals surface area contributed by atoms with Crippen LogP contribution in [-0.4, -0.2) is 33.4 Å². The van der Waals surface area contributed by atoms with Crippen LogP contribution >= 0.6 is 11.6 Å². The first-order valence-electron chi connectivity index (χ1n) is 9.06. The molecule has 0 aliphatic carbocycles. The number of alkyl halides is 3. The van der Waals surface area contributed by atoms with Gasteiger partial charge in [-0.1, -0.05) is 18.5 Å². The van der Waals surface area contributed by atoms with Crippen molar-refractivity contribution in [3.05, 3.63) is 46.9 Å². The van der Waals surface area contributed by atoms with Crippen molar-refractivity contribution in [1.82, 2.24) is 14.9 Å². The van der Waals surface area contributed by atoms with Crippen molar-refractivity contribution in [3.63, 3.8) is 0 Å². The van der Waals surface area contributed by atoms with Crippen LogP contribution < -0.4 is 5.32 Å². The Morgan fingerprint density at radius 2 is 2.07 bits per heavy atom. The number of aromatic nitrogens is 2. The Morgan fingerprint density at radius 3 is 2.68 bits per heavy atom. The lowest BCUT2D eigenvalue weighted by Gasteiger charge is -2.35. The molecule has 1 saturated heterocycles. The number of amides is 1. The van der Waals surface area contributed by atoms with Gasteiger partial charge in [-0.25, -0.2) is 9.97 Å². The maximum atomic E-state index is 12.8. The van der Waals surface area contributed by atoms with Gasteiger partial charge in [0.15, 0.2) is 0 Å². The van der Waals surface area contributed by atoms with Gasteiger partial charge >= 0.3 is 6.18 Å². The smallest absolute Gasteiger partial charge is 0.338 e. The zero-order valence-corrected chi connectivity index (χ0v) is 16.0. The second kappa shape index (κ2) is 8.34. The van der Waals surface area contributed by atoms with Crippen molar-refractivity contribution in [2.24, 2.45) is 0 Å². The third kappa shape index (κ3) is 4.55. The highest BCUT2D eigenvalue weighted by atomic mass is 35.5. The first-order valence-corrected chi connectivity index (χ1v) is 9.44. The monoisotopic (exact) mass is 412 g/mol. The summed E-state index contributed by atoms with van der Waals surface area (Å²) in [4.78, 5) is 22.2. The lowest BCUT2D eigenvalue weighted by molar-refractivity contribution is -0.141. The Hall–Kier alpha value is -2.35. The number of anilines is 2. The lowest BCUT2D eigenvalue weighted by Crippen LogP contribution is -2.43. The van der Waals surface area contributed by atoms with E-state index in [1.165, 1.54) is 18.3 Å². The van der Waals surface area contributed by atoms with Crippen LogP contribution in [0, 0.1) is 0 Å². The van der Waals surface area contributed by atoms with Gasteiger partial charge in [0.05, 0.1) is 22.5 Å². The maximum absolute atomic E-state index is 12.8. The molecule has 0 unspecified atom stereocenters. The Balaban J connectivity index is 1.74. The third-order valence-electron chi connectivity index (χ3n) is 4.76. The van der Waals surface area contributed by atoms with Crippen LogP contribution in [0.5, 0.6) is 0 Å². The molecule has 0 aromatic carbocycles. The van der Waals surface area contributed by atoms with E-state index in [1.54, 1.807) is 0 Å². The Labute approximate surface area is 165 Å².